The molecule has 2 aliphatic rings. The van der Waals surface area contributed by atoms with Crippen molar-refractivity contribution in [1.29, 1.82) is 0 Å². The molecular weight excluding hydrogens is 344 g/mol. The Hall–Kier alpha value is -2.57. The van der Waals surface area contributed by atoms with Gasteiger partial charge in [-0.05, 0) is 48.8 Å². The lowest BCUT2D eigenvalue weighted by atomic mass is 9.77. The van der Waals surface area contributed by atoms with Crippen LogP contribution in [0.5, 0.6) is 11.5 Å². The van der Waals surface area contributed by atoms with E-state index in [1.807, 2.05) is 11.0 Å². The Balaban J connectivity index is 1.32. The number of benzene rings is 1. The van der Waals surface area contributed by atoms with Crippen molar-refractivity contribution in [3.05, 3.63) is 36.4 Å². The highest BCUT2D eigenvalue weighted by Gasteiger charge is 2.33. The smallest absolute Gasteiger partial charge is 0.231 e. The van der Waals surface area contributed by atoms with E-state index >= 15 is 0 Å². The number of hydrogen-bond donors (Lipinski definition) is 0. The van der Waals surface area contributed by atoms with Crippen molar-refractivity contribution < 1.29 is 14.3 Å². The van der Waals surface area contributed by atoms with Crippen molar-refractivity contribution >= 4 is 5.91 Å². The summed E-state index contributed by atoms with van der Waals surface area (Å²) in [6.45, 7) is 4.98. The summed E-state index contributed by atoms with van der Waals surface area (Å²) in [7, 11) is 0. The number of aryl methyl sites for hydroxylation is 1. The van der Waals surface area contributed by atoms with Crippen LogP contribution in [0.1, 0.15) is 38.2 Å². The topological polar surface area (TPSA) is 69.5 Å². The van der Waals surface area contributed by atoms with Crippen molar-refractivity contribution in [2.45, 2.75) is 45.6 Å². The molecule has 7 nitrogen and oxygen atoms in total. The standard InChI is InChI=1S/C20H26N4O3/c1-20(11-16-5-6-17-18(10-16)27-15-26-17)7-3-8-23(12-20)19(25)4-2-9-24-14-21-13-22-24/h5-6,10,13-14H,2-4,7-9,11-12,15H2,1H3. The van der Waals surface area contributed by atoms with E-state index in [4.69, 9.17) is 9.47 Å². The van der Waals surface area contributed by atoms with Gasteiger partial charge in [0.25, 0.3) is 0 Å². The van der Waals surface area contributed by atoms with Gasteiger partial charge in [0, 0.05) is 26.1 Å². The molecule has 144 valence electrons. The second kappa shape index (κ2) is 7.58. The van der Waals surface area contributed by atoms with Crippen molar-refractivity contribution in [1.82, 2.24) is 19.7 Å². The van der Waals surface area contributed by atoms with Gasteiger partial charge >= 0.3 is 0 Å². The summed E-state index contributed by atoms with van der Waals surface area (Å²) in [6, 6.07) is 6.17. The summed E-state index contributed by atoms with van der Waals surface area (Å²) in [6.07, 6.45) is 7.67. The molecule has 0 aliphatic carbocycles. The molecule has 1 amide bonds. The van der Waals surface area contributed by atoms with E-state index < -0.39 is 0 Å². The molecule has 27 heavy (non-hydrogen) atoms. The minimum absolute atomic E-state index is 0.0908. The molecule has 7 heteroatoms. The summed E-state index contributed by atoms with van der Waals surface area (Å²) in [4.78, 5) is 18.6. The van der Waals surface area contributed by atoms with Gasteiger partial charge in [-0.3, -0.25) is 9.48 Å². The molecule has 2 aliphatic heterocycles. The summed E-state index contributed by atoms with van der Waals surface area (Å²) in [5, 5.41) is 4.08. The van der Waals surface area contributed by atoms with Crippen LogP contribution in [0.15, 0.2) is 30.9 Å². The number of likely N-dealkylation sites (tertiary alicyclic amines) is 1. The molecule has 0 spiro atoms. The number of nitrogens with zero attached hydrogens (tertiary/aromatic N) is 4. The van der Waals surface area contributed by atoms with Gasteiger partial charge in [0.05, 0.1) is 0 Å². The highest BCUT2D eigenvalue weighted by Crippen LogP contribution is 2.37. The molecule has 1 fully saturated rings. The van der Waals surface area contributed by atoms with Crippen molar-refractivity contribution in [2.24, 2.45) is 5.41 Å². The first kappa shape index (κ1) is 17.8. The molecule has 4 rings (SSSR count). The maximum atomic E-state index is 12.7. The molecule has 2 aromatic rings. The lowest BCUT2D eigenvalue weighted by Gasteiger charge is -2.41. The van der Waals surface area contributed by atoms with E-state index in [2.05, 4.69) is 29.1 Å². The van der Waals surface area contributed by atoms with Crippen LogP contribution < -0.4 is 9.47 Å². The van der Waals surface area contributed by atoms with Gasteiger partial charge in [0.15, 0.2) is 11.5 Å². The Morgan fingerprint density at radius 1 is 1.30 bits per heavy atom. The van der Waals surface area contributed by atoms with Gasteiger partial charge < -0.3 is 14.4 Å². The van der Waals surface area contributed by atoms with Crippen LogP contribution in [0, 0.1) is 5.41 Å². The van der Waals surface area contributed by atoms with Gasteiger partial charge in [-0.1, -0.05) is 13.0 Å². The molecule has 0 N–H and O–H groups in total. The second-order valence-corrected chi connectivity index (χ2v) is 7.86. The number of amides is 1. The summed E-state index contributed by atoms with van der Waals surface area (Å²) in [5.41, 5.74) is 1.33. The third-order valence-electron chi connectivity index (χ3n) is 5.45. The first-order valence-electron chi connectivity index (χ1n) is 9.60. The van der Waals surface area contributed by atoms with Gasteiger partial charge in [0.2, 0.25) is 12.7 Å². The van der Waals surface area contributed by atoms with E-state index in [9.17, 15) is 4.79 Å². The maximum Gasteiger partial charge on any atom is 0.231 e. The van der Waals surface area contributed by atoms with Crippen LogP contribution in [0.3, 0.4) is 0 Å². The van der Waals surface area contributed by atoms with E-state index in [-0.39, 0.29) is 11.3 Å². The third kappa shape index (κ3) is 4.23. The number of carbonyl (C=O) groups excluding carboxylic acids is 1. The second-order valence-electron chi connectivity index (χ2n) is 7.86. The van der Waals surface area contributed by atoms with Crippen LogP contribution in [0.25, 0.3) is 0 Å². The molecule has 0 radical (unpaired) electrons. The monoisotopic (exact) mass is 370 g/mol. The average Bonchev–Trinajstić information content (AvgIpc) is 3.32. The van der Waals surface area contributed by atoms with Crippen molar-refractivity contribution in [3.63, 3.8) is 0 Å². The molecule has 1 aromatic carbocycles. The first-order valence-corrected chi connectivity index (χ1v) is 9.60. The summed E-state index contributed by atoms with van der Waals surface area (Å²) in [5.74, 6) is 1.89. The Bertz CT molecular complexity index is 793. The Morgan fingerprint density at radius 2 is 2.19 bits per heavy atom. The van der Waals surface area contributed by atoms with E-state index in [1.165, 1.54) is 11.9 Å². The number of fused-ring (bicyclic) bond motifs is 1. The third-order valence-corrected chi connectivity index (χ3v) is 5.45. The Morgan fingerprint density at radius 3 is 3.04 bits per heavy atom. The molecule has 0 bridgehead atoms. The van der Waals surface area contributed by atoms with Crippen LogP contribution in [-0.4, -0.2) is 45.5 Å². The number of ether oxygens (including phenoxy) is 2. The lowest BCUT2D eigenvalue weighted by molar-refractivity contribution is -0.134. The first-order chi connectivity index (χ1) is 13.1. The molecule has 3 heterocycles. The van der Waals surface area contributed by atoms with Crippen LogP contribution in [-0.2, 0) is 17.8 Å². The highest BCUT2D eigenvalue weighted by atomic mass is 16.7. The minimum Gasteiger partial charge on any atom is -0.454 e. The quantitative estimate of drug-likeness (QED) is 0.782. The molecule has 1 unspecified atom stereocenters. The molecule has 1 saturated heterocycles. The summed E-state index contributed by atoms with van der Waals surface area (Å²) >= 11 is 0. The summed E-state index contributed by atoms with van der Waals surface area (Å²) < 4.78 is 12.7. The predicted molar refractivity (Wildman–Crippen MR) is 99.4 cm³/mol. The number of rotatable bonds is 6. The SMILES string of the molecule is CC1(Cc2ccc3c(c2)OCO3)CCCN(C(=O)CCCn2cncn2)C1. The fraction of sp³-hybridized carbons (Fsp3) is 0.550. The largest absolute Gasteiger partial charge is 0.454 e. The van der Waals surface area contributed by atoms with Crippen LogP contribution >= 0.6 is 0 Å². The zero-order chi connectivity index (χ0) is 18.7. The van der Waals surface area contributed by atoms with Gasteiger partial charge in [-0.25, -0.2) is 4.98 Å². The Labute approximate surface area is 159 Å². The number of piperidine rings is 1. The molecular formula is C20H26N4O3. The van der Waals surface area contributed by atoms with Crippen molar-refractivity contribution in [2.75, 3.05) is 19.9 Å². The minimum atomic E-state index is 0.0908. The zero-order valence-electron chi connectivity index (χ0n) is 15.8. The molecule has 0 saturated carbocycles. The normalized spacial score (nSPS) is 21.4. The number of aromatic nitrogens is 3. The van der Waals surface area contributed by atoms with E-state index in [1.54, 1.807) is 11.0 Å². The lowest BCUT2D eigenvalue weighted by Crippen LogP contribution is -2.45. The molecule has 1 atom stereocenters. The fourth-order valence-electron chi connectivity index (χ4n) is 4.12. The fourth-order valence-corrected chi connectivity index (χ4v) is 4.12. The zero-order valence-corrected chi connectivity index (χ0v) is 15.8. The predicted octanol–water partition coefficient (Wildman–Crippen LogP) is 2.66. The van der Waals surface area contributed by atoms with Crippen LogP contribution in [0.2, 0.25) is 0 Å². The number of hydrogen-bond acceptors (Lipinski definition) is 5. The van der Waals surface area contributed by atoms with E-state index in [0.29, 0.717) is 13.2 Å². The molecule has 1 aromatic heterocycles. The Kier molecular flexibility index (Phi) is 5.01. The number of carbonyl (C=O) groups is 1. The van der Waals surface area contributed by atoms with Gasteiger partial charge in [-0.2, -0.15) is 5.10 Å². The maximum absolute atomic E-state index is 12.7. The van der Waals surface area contributed by atoms with Crippen LogP contribution in [0.4, 0.5) is 0 Å². The highest BCUT2D eigenvalue weighted by molar-refractivity contribution is 5.76. The van der Waals surface area contributed by atoms with E-state index in [0.717, 1.165) is 56.8 Å². The van der Waals surface area contributed by atoms with Gasteiger partial charge in [0.1, 0.15) is 12.7 Å². The average molecular weight is 370 g/mol. The van der Waals surface area contributed by atoms with Crippen molar-refractivity contribution in [3.8, 4) is 11.5 Å². The van der Waals surface area contributed by atoms with Gasteiger partial charge in [-0.15, -0.1) is 0 Å².